The summed E-state index contributed by atoms with van der Waals surface area (Å²) in [6.45, 7) is 1.97. The Labute approximate surface area is 157 Å². The molecule has 0 saturated heterocycles. The summed E-state index contributed by atoms with van der Waals surface area (Å²) in [4.78, 5) is 11.8. The van der Waals surface area contributed by atoms with E-state index in [9.17, 15) is 4.79 Å². The third kappa shape index (κ3) is 4.43. The molecule has 0 unspecified atom stereocenters. The molecular weight excluding hydrogens is 412 g/mol. The Kier molecular flexibility index (Phi) is 5.45. The first-order valence-corrected chi connectivity index (χ1v) is 8.50. The summed E-state index contributed by atoms with van der Waals surface area (Å²) in [6.07, 6.45) is 1.43. The first-order valence-electron chi connectivity index (χ1n) is 7.33. The van der Waals surface area contributed by atoms with Crippen LogP contribution >= 0.6 is 27.5 Å². The van der Waals surface area contributed by atoms with Gasteiger partial charge in [-0.05, 0) is 46.6 Å². The van der Waals surface area contributed by atoms with E-state index in [2.05, 4.69) is 26.5 Å². The van der Waals surface area contributed by atoms with Gasteiger partial charge in [0.1, 0.15) is 5.75 Å². The Hall–Kier alpha value is -2.25. The fourth-order valence-corrected chi connectivity index (χ4v) is 2.91. The number of aryl methyl sites for hydroxylation is 1. The summed E-state index contributed by atoms with van der Waals surface area (Å²) in [7, 11) is 0. The predicted octanol–water partition coefficient (Wildman–Crippen LogP) is 3.67. The number of rotatable bonds is 5. The van der Waals surface area contributed by atoms with Gasteiger partial charge in [0.25, 0.3) is 5.91 Å². The summed E-state index contributed by atoms with van der Waals surface area (Å²) >= 11 is 9.52. The molecule has 0 bridgehead atoms. The highest BCUT2D eigenvalue weighted by Crippen LogP contribution is 2.36. The second kappa shape index (κ2) is 7.76. The number of benzene rings is 2. The van der Waals surface area contributed by atoms with Crippen LogP contribution in [0.25, 0.3) is 0 Å². The standard InChI is InChI=1S/C17H14BrClN2O4/c1-10-2-3-14(12(18)4-10)23-8-17(22)21-20-7-11-5-15-16(6-13(11)19)25-9-24-15/h2-7H,8-9H2,1H3,(H,21,22)/b20-7+. The van der Waals surface area contributed by atoms with Crippen LogP contribution < -0.4 is 19.6 Å². The summed E-state index contributed by atoms with van der Waals surface area (Å²) in [5.74, 6) is 1.37. The maximum Gasteiger partial charge on any atom is 0.277 e. The Morgan fingerprint density at radius 3 is 2.88 bits per heavy atom. The number of amides is 1. The largest absolute Gasteiger partial charge is 0.483 e. The summed E-state index contributed by atoms with van der Waals surface area (Å²) in [5, 5.41) is 4.33. The van der Waals surface area contributed by atoms with Crippen LogP contribution in [0.1, 0.15) is 11.1 Å². The fourth-order valence-electron chi connectivity index (χ4n) is 2.10. The molecule has 0 aromatic heterocycles. The minimum absolute atomic E-state index is 0.159. The van der Waals surface area contributed by atoms with Crippen LogP contribution in [0.3, 0.4) is 0 Å². The van der Waals surface area contributed by atoms with Crippen LogP contribution in [0.2, 0.25) is 5.02 Å². The van der Waals surface area contributed by atoms with Gasteiger partial charge >= 0.3 is 0 Å². The smallest absolute Gasteiger partial charge is 0.277 e. The number of ether oxygens (including phenoxy) is 3. The lowest BCUT2D eigenvalue weighted by Gasteiger charge is -2.07. The number of hydrogen-bond donors (Lipinski definition) is 1. The van der Waals surface area contributed by atoms with Gasteiger partial charge in [-0.2, -0.15) is 5.10 Å². The number of carbonyl (C=O) groups is 1. The highest BCUT2D eigenvalue weighted by atomic mass is 79.9. The first kappa shape index (κ1) is 17.6. The van der Waals surface area contributed by atoms with Crippen LogP contribution in [-0.4, -0.2) is 25.5 Å². The Morgan fingerprint density at radius 2 is 2.12 bits per heavy atom. The zero-order chi connectivity index (χ0) is 17.8. The number of hydrazone groups is 1. The molecule has 130 valence electrons. The number of nitrogens with zero attached hydrogens (tertiary/aromatic N) is 1. The van der Waals surface area contributed by atoms with Crippen molar-refractivity contribution in [3.63, 3.8) is 0 Å². The zero-order valence-corrected chi connectivity index (χ0v) is 15.6. The molecule has 6 nitrogen and oxygen atoms in total. The van der Waals surface area contributed by atoms with E-state index in [-0.39, 0.29) is 19.3 Å². The van der Waals surface area contributed by atoms with Crippen LogP contribution in [-0.2, 0) is 4.79 Å². The summed E-state index contributed by atoms with van der Waals surface area (Å²) in [5.41, 5.74) is 4.08. The lowest BCUT2D eigenvalue weighted by atomic mass is 10.2. The van der Waals surface area contributed by atoms with Crippen LogP contribution in [0.15, 0.2) is 39.9 Å². The van der Waals surface area contributed by atoms with Crippen molar-refractivity contribution < 1.29 is 19.0 Å². The molecule has 25 heavy (non-hydrogen) atoms. The molecule has 0 aliphatic carbocycles. The molecule has 1 heterocycles. The highest BCUT2D eigenvalue weighted by Gasteiger charge is 2.15. The molecule has 8 heteroatoms. The second-order valence-corrected chi connectivity index (χ2v) is 6.50. The maximum atomic E-state index is 11.8. The van der Waals surface area contributed by atoms with E-state index in [1.54, 1.807) is 18.2 Å². The topological polar surface area (TPSA) is 69.2 Å². The molecule has 1 N–H and O–H groups in total. The molecule has 1 amide bonds. The Bertz CT molecular complexity index is 842. The molecule has 0 fully saturated rings. The van der Waals surface area contributed by atoms with E-state index in [1.807, 2.05) is 19.1 Å². The first-order chi connectivity index (χ1) is 12.0. The molecule has 1 aliphatic heterocycles. The predicted molar refractivity (Wildman–Crippen MR) is 97.7 cm³/mol. The SMILES string of the molecule is Cc1ccc(OCC(=O)N/N=C/c2cc3c(cc2Cl)OCO3)c(Br)c1. The van der Waals surface area contributed by atoms with Gasteiger partial charge in [-0.3, -0.25) is 4.79 Å². The minimum atomic E-state index is -0.388. The van der Waals surface area contributed by atoms with Crippen molar-refractivity contribution in [2.75, 3.05) is 13.4 Å². The van der Waals surface area contributed by atoms with Gasteiger partial charge in [-0.15, -0.1) is 0 Å². The third-order valence-corrected chi connectivity index (χ3v) is 4.28. The number of nitrogens with one attached hydrogen (secondary N) is 1. The van der Waals surface area contributed by atoms with E-state index in [4.69, 9.17) is 25.8 Å². The van der Waals surface area contributed by atoms with Gasteiger partial charge in [0.15, 0.2) is 18.1 Å². The second-order valence-electron chi connectivity index (χ2n) is 5.24. The number of carbonyl (C=O) groups excluding carboxylic acids is 1. The Balaban J connectivity index is 1.54. The molecular formula is C17H14BrClN2O4. The lowest BCUT2D eigenvalue weighted by molar-refractivity contribution is -0.123. The van der Waals surface area contributed by atoms with Crippen LogP contribution in [0.4, 0.5) is 0 Å². The molecule has 0 spiro atoms. The molecule has 3 rings (SSSR count). The molecule has 2 aromatic rings. The average molecular weight is 426 g/mol. The van der Waals surface area contributed by atoms with E-state index < -0.39 is 0 Å². The van der Waals surface area contributed by atoms with E-state index in [1.165, 1.54) is 6.21 Å². The van der Waals surface area contributed by atoms with Crippen molar-refractivity contribution >= 4 is 39.7 Å². The van der Waals surface area contributed by atoms with E-state index in [0.717, 1.165) is 10.0 Å². The van der Waals surface area contributed by atoms with E-state index >= 15 is 0 Å². The van der Waals surface area contributed by atoms with Crippen molar-refractivity contribution in [3.05, 3.63) is 51.0 Å². The summed E-state index contributed by atoms with van der Waals surface area (Å²) < 4.78 is 16.7. The lowest BCUT2D eigenvalue weighted by Crippen LogP contribution is -2.24. The van der Waals surface area contributed by atoms with Crippen molar-refractivity contribution in [1.82, 2.24) is 5.43 Å². The van der Waals surface area contributed by atoms with Crippen molar-refractivity contribution in [2.45, 2.75) is 6.92 Å². The number of halogens is 2. The monoisotopic (exact) mass is 424 g/mol. The van der Waals surface area contributed by atoms with Gasteiger partial charge in [0.2, 0.25) is 6.79 Å². The van der Waals surface area contributed by atoms with Crippen molar-refractivity contribution in [2.24, 2.45) is 5.10 Å². The number of hydrogen-bond acceptors (Lipinski definition) is 5. The van der Waals surface area contributed by atoms with Gasteiger partial charge in [-0.25, -0.2) is 5.43 Å². The minimum Gasteiger partial charge on any atom is -0.483 e. The summed E-state index contributed by atoms with van der Waals surface area (Å²) in [6, 6.07) is 8.94. The van der Waals surface area contributed by atoms with Crippen molar-refractivity contribution in [3.8, 4) is 17.2 Å². The van der Waals surface area contributed by atoms with Crippen LogP contribution in [0, 0.1) is 6.92 Å². The van der Waals surface area contributed by atoms with Gasteiger partial charge in [0.05, 0.1) is 15.7 Å². The molecule has 0 saturated carbocycles. The average Bonchev–Trinajstić information content (AvgIpc) is 3.01. The van der Waals surface area contributed by atoms with Crippen molar-refractivity contribution in [1.29, 1.82) is 0 Å². The van der Waals surface area contributed by atoms with Gasteiger partial charge in [-0.1, -0.05) is 17.7 Å². The Morgan fingerprint density at radius 1 is 1.36 bits per heavy atom. The normalized spacial score (nSPS) is 12.4. The molecule has 0 radical (unpaired) electrons. The van der Waals surface area contributed by atoms with E-state index in [0.29, 0.717) is 27.8 Å². The quantitative estimate of drug-likeness (QED) is 0.586. The molecule has 2 aromatic carbocycles. The van der Waals surface area contributed by atoms with Gasteiger partial charge < -0.3 is 14.2 Å². The molecule has 0 atom stereocenters. The third-order valence-electron chi connectivity index (χ3n) is 3.33. The maximum absolute atomic E-state index is 11.8. The van der Waals surface area contributed by atoms with Crippen LogP contribution in [0.5, 0.6) is 17.2 Å². The van der Waals surface area contributed by atoms with Gasteiger partial charge in [0, 0.05) is 11.6 Å². The molecule has 1 aliphatic rings. The zero-order valence-electron chi connectivity index (χ0n) is 13.2. The number of fused-ring (bicyclic) bond motifs is 1. The highest BCUT2D eigenvalue weighted by molar-refractivity contribution is 9.10. The fraction of sp³-hybridized carbons (Fsp3) is 0.176.